The number of amides is 1. The van der Waals surface area contributed by atoms with E-state index in [-0.39, 0.29) is 37.9 Å². The van der Waals surface area contributed by atoms with Gasteiger partial charge in [0.25, 0.3) is 5.92 Å². The zero-order chi connectivity index (χ0) is 16.1. The third kappa shape index (κ3) is 2.46. The van der Waals surface area contributed by atoms with Crippen molar-refractivity contribution < 1.29 is 13.6 Å². The maximum Gasteiger partial charge on any atom is 0.258 e. The second-order valence-electron chi connectivity index (χ2n) is 6.99. The summed E-state index contributed by atoms with van der Waals surface area (Å²) in [6.45, 7) is 1.04. The number of aromatic nitrogens is 2. The summed E-state index contributed by atoms with van der Waals surface area (Å²) in [5, 5.41) is 0. The first-order valence-corrected chi connectivity index (χ1v) is 8.19. The third-order valence-electron chi connectivity index (χ3n) is 5.39. The highest BCUT2D eigenvalue weighted by molar-refractivity contribution is 5.81. The number of hydrogen-bond acceptors (Lipinski definition) is 4. The molecule has 1 spiro atoms. The number of carbonyl (C=O) groups excluding carboxylic acids is 1. The summed E-state index contributed by atoms with van der Waals surface area (Å²) in [4.78, 5) is 24.1. The van der Waals surface area contributed by atoms with Gasteiger partial charge in [-0.05, 0) is 25.3 Å². The van der Waals surface area contributed by atoms with Crippen LogP contribution in [0.3, 0.4) is 0 Å². The number of carbonyl (C=O) groups is 1. The van der Waals surface area contributed by atoms with E-state index in [2.05, 4.69) is 9.97 Å². The molecule has 7 heteroatoms. The Morgan fingerprint density at radius 3 is 2.57 bits per heavy atom. The summed E-state index contributed by atoms with van der Waals surface area (Å²) < 4.78 is 29.4. The molecule has 3 heterocycles. The van der Waals surface area contributed by atoms with Crippen LogP contribution >= 0.6 is 0 Å². The van der Waals surface area contributed by atoms with Gasteiger partial charge in [0.1, 0.15) is 0 Å². The lowest BCUT2D eigenvalue weighted by molar-refractivity contribution is -0.169. The largest absolute Gasteiger partial charge is 0.341 e. The van der Waals surface area contributed by atoms with Crippen LogP contribution in [-0.4, -0.2) is 52.9 Å². The molecule has 1 amide bonds. The quantitative estimate of drug-likeness (QED) is 0.835. The van der Waals surface area contributed by atoms with E-state index in [0.29, 0.717) is 18.9 Å². The minimum absolute atomic E-state index is 0.0642. The fraction of sp³-hybridized carbons (Fsp3) is 0.688. The van der Waals surface area contributed by atoms with E-state index in [1.165, 1.54) is 0 Å². The Morgan fingerprint density at radius 1 is 1.13 bits per heavy atom. The summed E-state index contributed by atoms with van der Waals surface area (Å²) in [6, 6.07) is 1.71. The minimum Gasteiger partial charge on any atom is -0.341 e. The second-order valence-corrected chi connectivity index (χ2v) is 6.99. The van der Waals surface area contributed by atoms with E-state index in [0.717, 1.165) is 12.8 Å². The van der Waals surface area contributed by atoms with Gasteiger partial charge in [-0.1, -0.05) is 0 Å². The maximum absolute atomic E-state index is 14.7. The Morgan fingerprint density at radius 2 is 1.87 bits per heavy atom. The first kappa shape index (κ1) is 14.8. The van der Waals surface area contributed by atoms with E-state index in [4.69, 9.17) is 0 Å². The monoisotopic (exact) mass is 322 g/mol. The lowest BCUT2D eigenvalue weighted by Crippen LogP contribution is -2.58. The van der Waals surface area contributed by atoms with Crippen molar-refractivity contribution in [3.8, 4) is 0 Å². The molecule has 1 aliphatic carbocycles. The lowest BCUT2D eigenvalue weighted by atomic mass is 9.75. The Kier molecular flexibility index (Phi) is 3.28. The Hall–Kier alpha value is -1.79. The van der Waals surface area contributed by atoms with Gasteiger partial charge in [-0.15, -0.1) is 0 Å². The second kappa shape index (κ2) is 5.11. The number of halogens is 2. The van der Waals surface area contributed by atoms with Gasteiger partial charge in [0.05, 0.1) is 5.41 Å². The molecule has 1 atom stereocenters. The predicted molar refractivity (Wildman–Crippen MR) is 80.2 cm³/mol. The van der Waals surface area contributed by atoms with Crippen LogP contribution in [0.2, 0.25) is 0 Å². The average Bonchev–Trinajstić information content (AvgIpc) is 3.31. The first-order valence-electron chi connectivity index (χ1n) is 8.19. The van der Waals surface area contributed by atoms with Gasteiger partial charge in [0, 0.05) is 50.9 Å². The van der Waals surface area contributed by atoms with Crippen molar-refractivity contribution in [1.29, 1.82) is 0 Å². The van der Waals surface area contributed by atoms with Crippen LogP contribution in [0.4, 0.5) is 14.7 Å². The zero-order valence-corrected chi connectivity index (χ0v) is 12.9. The van der Waals surface area contributed by atoms with Gasteiger partial charge < -0.3 is 9.80 Å². The summed E-state index contributed by atoms with van der Waals surface area (Å²) >= 11 is 0. The summed E-state index contributed by atoms with van der Waals surface area (Å²) in [6.07, 6.45) is 5.18. The number of nitrogens with zero attached hydrogens (tertiary/aromatic N) is 4. The molecular weight excluding hydrogens is 302 g/mol. The van der Waals surface area contributed by atoms with Gasteiger partial charge in [-0.25, -0.2) is 18.7 Å². The molecule has 1 aromatic heterocycles. The topological polar surface area (TPSA) is 49.3 Å². The van der Waals surface area contributed by atoms with Gasteiger partial charge in [0.15, 0.2) is 0 Å². The fourth-order valence-corrected chi connectivity index (χ4v) is 3.80. The van der Waals surface area contributed by atoms with Crippen molar-refractivity contribution in [2.75, 3.05) is 31.1 Å². The highest BCUT2D eigenvalue weighted by atomic mass is 19.3. The summed E-state index contributed by atoms with van der Waals surface area (Å²) in [5.41, 5.74) is -1.17. The number of anilines is 1. The number of hydrogen-bond donors (Lipinski definition) is 0. The van der Waals surface area contributed by atoms with Crippen LogP contribution in [0, 0.1) is 11.3 Å². The van der Waals surface area contributed by atoms with Crippen molar-refractivity contribution in [2.45, 2.75) is 31.6 Å². The molecule has 0 radical (unpaired) electrons. The number of piperidine rings is 1. The Labute approximate surface area is 133 Å². The molecule has 1 aromatic rings. The summed E-state index contributed by atoms with van der Waals surface area (Å²) in [5.74, 6) is -2.12. The molecule has 124 valence electrons. The van der Waals surface area contributed by atoms with Crippen LogP contribution in [0.1, 0.15) is 25.7 Å². The predicted octanol–water partition coefficient (Wildman–Crippen LogP) is 1.95. The lowest BCUT2D eigenvalue weighted by Gasteiger charge is -2.46. The molecule has 3 aliphatic rings. The highest BCUT2D eigenvalue weighted by Crippen LogP contribution is 2.50. The molecule has 1 unspecified atom stereocenters. The molecule has 3 fully saturated rings. The maximum atomic E-state index is 14.7. The molecule has 2 saturated heterocycles. The van der Waals surface area contributed by atoms with E-state index >= 15 is 0 Å². The van der Waals surface area contributed by atoms with Crippen molar-refractivity contribution in [1.82, 2.24) is 14.9 Å². The molecule has 0 bridgehead atoms. The minimum atomic E-state index is -2.75. The number of rotatable bonds is 2. The van der Waals surface area contributed by atoms with Crippen LogP contribution in [0.5, 0.6) is 0 Å². The van der Waals surface area contributed by atoms with Crippen LogP contribution in [0.15, 0.2) is 18.5 Å². The molecule has 0 aromatic carbocycles. The van der Waals surface area contributed by atoms with Crippen LogP contribution in [-0.2, 0) is 4.79 Å². The zero-order valence-electron chi connectivity index (χ0n) is 12.9. The molecule has 23 heavy (non-hydrogen) atoms. The van der Waals surface area contributed by atoms with E-state index in [1.54, 1.807) is 23.4 Å². The molecule has 2 aliphatic heterocycles. The van der Waals surface area contributed by atoms with Crippen LogP contribution < -0.4 is 4.90 Å². The van der Waals surface area contributed by atoms with Gasteiger partial charge in [-0.2, -0.15) is 0 Å². The first-order chi connectivity index (χ1) is 11.0. The molecule has 5 nitrogen and oxygen atoms in total. The normalized spacial score (nSPS) is 30.0. The Bertz CT molecular complexity index is 607. The Balaban J connectivity index is 1.56. The molecular formula is C16H20F2N4O. The van der Waals surface area contributed by atoms with Crippen molar-refractivity contribution in [3.63, 3.8) is 0 Å². The third-order valence-corrected chi connectivity index (χ3v) is 5.39. The number of likely N-dealkylation sites (tertiary alicyclic amines) is 1. The van der Waals surface area contributed by atoms with Gasteiger partial charge in [-0.3, -0.25) is 4.79 Å². The standard InChI is InChI=1S/C16H20F2N4O/c17-16(18)5-9-21(13(23)12-2-3-12)10-15(16)4-8-22(11-15)14-19-6-1-7-20-14/h1,6-7,12H,2-5,8-11H2. The molecule has 0 N–H and O–H groups in total. The highest BCUT2D eigenvalue weighted by Gasteiger charge is 2.60. The van der Waals surface area contributed by atoms with E-state index in [9.17, 15) is 13.6 Å². The van der Waals surface area contributed by atoms with Crippen LogP contribution in [0.25, 0.3) is 0 Å². The van der Waals surface area contributed by atoms with Crippen molar-refractivity contribution in [3.05, 3.63) is 18.5 Å². The fourth-order valence-electron chi connectivity index (χ4n) is 3.80. The number of alkyl halides is 2. The molecule has 1 saturated carbocycles. The van der Waals surface area contributed by atoms with E-state index in [1.807, 2.05) is 4.90 Å². The smallest absolute Gasteiger partial charge is 0.258 e. The average molecular weight is 322 g/mol. The van der Waals surface area contributed by atoms with Crippen molar-refractivity contribution >= 4 is 11.9 Å². The van der Waals surface area contributed by atoms with Gasteiger partial charge >= 0.3 is 0 Å². The summed E-state index contributed by atoms with van der Waals surface area (Å²) in [7, 11) is 0. The van der Waals surface area contributed by atoms with Gasteiger partial charge in [0.2, 0.25) is 11.9 Å². The van der Waals surface area contributed by atoms with E-state index < -0.39 is 11.3 Å². The molecule has 4 rings (SSSR count). The SMILES string of the molecule is O=C(C1CC1)N1CCC(F)(F)C2(CCN(c3ncccn3)C2)C1. The van der Waals surface area contributed by atoms with Crippen molar-refractivity contribution in [2.24, 2.45) is 11.3 Å².